The van der Waals surface area contributed by atoms with Gasteiger partial charge < -0.3 is 14.8 Å². The molecule has 1 aromatic heterocycles. The van der Waals surface area contributed by atoms with Crippen LogP contribution in [0.2, 0.25) is 0 Å². The molecule has 2 aliphatic rings. The van der Waals surface area contributed by atoms with Crippen molar-refractivity contribution < 1.29 is 22.7 Å². The van der Waals surface area contributed by atoms with Gasteiger partial charge in [-0.1, -0.05) is 29.5 Å². The molecule has 1 saturated heterocycles. The monoisotopic (exact) mass is 458 g/mol. The second-order valence-corrected chi connectivity index (χ2v) is 9.95. The number of fused-ring (bicyclic) bond motifs is 1. The number of benzene rings is 2. The highest BCUT2D eigenvalue weighted by atomic mass is 32.2. The summed E-state index contributed by atoms with van der Waals surface area (Å²) in [6.07, 6.45) is 1.35. The average molecular weight is 459 g/mol. The smallest absolute Gasteiger partial charge is 0.286 e. The van der Waals surface area contributed by atoms with Gasteiger partial charge >= 0.3 is 0 Å². The highest BCUT2D eigenvalue weighted by Crippen LogP contribution is 2.38. The number of sulfonamides is 1. The number of nitrogens with one attached hydrogen (secondary N) is 1. The van der Waals surface area contributed by atoms with E-state index in [1.165, 1.54) is 4.31 Å². The molecule has 3 heterocycles. The minimum Gasteiger partial charge on any atom is -0.454 e. The van der Waals surface area contributed by atoms with E-state index in [0.717, 1.165) is 17.8 Å². The molecule has 1 N–H and O–H groups in total. The Balaban J connectivity index is 1.34. The normalized spacial score (nSPS) is 18.3. The van der Waals surface area contributed by atoms with Crippen molar-refractivity contribution in [1.29, 1.82) is 0 Å². The zero-order chi connectivity index (χ0) is 21.4. The van der Waals surface area contributed by atoms with E-state index in [9.17, 15) is 13.2 Å². The molecule has 0 unspecified atom stereocenters. The van der Waals surface area contributed by atoms with Crippen LogP contribution >= 0.6 is 11.3 Å². The van der Waals surface area contributed by atoms with Crippen LogP contribution in [-0.4, -0.2) is 42.2 Å². The number of hydrogen-bond acceptors (Lipinski definition) is 8. The minimum absolute atomic E-state index is 0.149. The van der Waals surface area contributed by atoms with E-state index in [-0.39, 0.29) is 16.7 Å². The summed E-state index contributed by atoms with van der Waals surface area (Å²) in [5.74, 6) is 0.763. The molecule has 2 aromatic carbocycles. The number of ether oxygens (including phenoxy) is 2. The summed E-state index contributed by atoms with van der Waals surface area (Å²) in [6.45, 7) is 0.552. The predicted molar refractivity (Wildman–Crippen MR) is 113 cm³/mol. The number of carbonyl (C=O) groups excluding carboxylic acids is 1. The summed E-state index contributed by atoms with van der Waals surface area (Å²) in [6, 6.07) is 13.0. The van der Waals surface area contributed by atoms with Gasteiger partial charge in [-0.05, 0) is 37.1 Å². The molecular formula is C20H18N4O5S2. The summed E-state index contributed by atoms with van der Waals surface area (Å²) in [4.78, 5) is 12.9. The van der Waals surface area contributed by atoms with Gasteiger partial charge in [0.1, 0.15) is 5.01 Å². The van der Waals surface area contributed by atoms with E-state index in [2.05, 4.69) is 15.5 Å². The van der Waals surface area contributed by atoms with Crippen molar-refractivity contribution in [3.05, 3.63) is 58.5 Å². The first-order chi connectivity index (χ1) is 15.0. The number of nitrogens with zero attached hydrogens (tertiary/aromatic N) is 3. The molecule has 3 aromatic rings. The van der Waals surface area contributed by atoms with E-state index in [0.29, 0.717) is 35.2 Å². The number of carbonyl (C=O) groups is 1. The molecule has 0 bridgehead atoms. The van der Waals surface area contributed by atoms with E-state index < -0.39 is 22.0 Å². The Kier molecular flexibility index (Phi) is 5.08. The van der Waals surface area contributed by atoms with Crippen molar-refractivity contribution in [2.75, 3.05) is 18.7 Å². The molecule has 0 saturated carbocycles. The third-order valence-corrected chi connectivity index (χ3v) is 8.05. The van der Waals surface area contributed by atoms with Gasteiger partial charge in [-0.2, -0.15) is 4.31 Å². The molecule has 2 aliphatic heterocycles. The Morgan fingerprint density at radius 3 is 2.74 bits per heavy atom. The van der Waals surface area contributed by atoms with E-state index >= 15 is 0 Å². The second-order valence-electron chi connectivity index (χ2n) is 7.05. The second kappa shape index (κ2) is 7.91. The highest BCUT2D eigenvalue weighted by molar-refractivity contribution is 7.89. The zero-order valence-electron chi connectivity index (χ0n) is 16.2. The molecule has 1 fully saturated rings. The summed E-state index contributed by atoms with van der Waals surface area (Å²) < 4.78 is 38.2. The first-order valence-corrected chi connectivity index (χ1v) is 11.9. The maximum Gasteiger partial charge on any atom is 0.286 e. The number of aromatic nitrogens is 2. The number of hydrogen-bond donors (Lipinski definition) is 1. The van der Waals surface area contributed by atoms with Crippen LogP contribution in [0.25, 0.3) is 0 Å². The van der Waals surface area contributed by atoms with Gasteiger partial charge in [-0.15, -0.1) is 10.2 Å². The van der Waals surface area contributed by atoms with Gasteiger partial charge in [0.15, 0.2) is 11.5 Å². The van der Waals surface area contributed by atoms with Crippen LogP contribution in [-0.2, 0) is 10.0 Å². The van der Waals surface area contributed by atoms with Crippen molar-refractivity contribution in [2.24, 2.45) is 0 Å². The third kappa shape index (κ3) is 3.75. The fourth-order valence-electron chi connectivity index (χ4n) is 3.62. The Hall–Kier alpha value is -3.02. The van der Waals surface area contributed by atoms with Gasteiger partial charge in [0.05, 0.1) is 10.9 Å². The Labute approximate surface area is 182 Å². The Morgan fingerprint density at radius 1 is 1.10 bits per heavy atom. The lowest BCUT2D eigenvalue weighted by atomic mass is 10.2. The van der Waals surface area contributed by atoms with E-state index in [1.54, 1.807) is 48.5 Å². The number of rotatable bonds is 5. The lowest BCUT2D eigenvalue weighted by molar-refractivity contribution is 0.102. The topological polar surface area (TPSA) is 111 Å². The first kappa shape index (κ1) is 19.9. The predicted octanol–water partition coefficient (Wildman–Crippen LogP) is 3.04. The van der Waals surface area contributed by atoms with E-state index in [1.807, 2.05) is 0 Å². The molecule has 1 atom stereocenters. The Bertz CT molecular complexity index is 1230. The van der Waals surface area contributed by atoms with Crippen LogP contribution in [0.15, 0.2) is 53.4 Å². The molecular weight excluding hydrogens is 440 g/mol. The van der Waals surface area contributed by atoms with Crippen molar-refractivity contribution in [1.82, 2.24) is 14.5 Å². The number of anilines is 1. The molecule has 0 aliphatic carbocycles. The molecule has 11 heteroatoms. The van der Waals surface area contributed by atoms with Crippen molar-refractivity contribution in [3.63, 3.8) is 0 Å². The van der Waals surface area contributed by atoms with Crippen molar-refractivity contribution in [3.8, 4) is 11.5 Å². The molecule has 160 valence electrons. The SMILES string of the molecule is O=C(Nc1ccc2c(c1)OCO2)c1nnc([C@H]2CCCN2S(=O)(=O)c2ccccc2)s1. The highest BCUT2D eigenvalue weighted by Gasteiger charge is 2.38. The van der Waals surface area contributed by atoms with Crippen molar-refractivity contribution >= 4 is 33.0 Å². The van der Waals surface area contributed by atoms with Crippen LogP contribution in [0.4, 0.5) is 5.69 Å². The molecule has 1 amide bonds. The zero-order valence-corrected chi connectivity index (χ0v) is 17.9. The molecule has 0 radical (unpaired) electrons. The maximum absolute atomic E-state index is 13.1. The molecule has 5 rings (SSSR count). The minimum atomic E-state index is -3.66. The summed E-state index contributed by atoms with van der Waals surface area (Å²) in [5, 5.41) is 11.6. The first-order valence-electron chi connectivity index (χ1n) is 9.64. The molecule has 0 spiro atoms. The molecule has 9 nitrogen and oxygen atoms in total. The van der Waals surface area contributed by atoms with Crippen LogP contribution in [0.1, 0.15) is 33.7 Å². The van der Waals surface area contributed by atoms with Crippen molar-refractivity contribution in [2.45, 2.75) is 23.8 Å². The lowest BCUT2D eigenvalue weighted by Crippen LogP contribution is -2.30. The van der Waals surface area contributed by atoms with Crippen LogP contribution in [0.5, 0.6) is 11.5 Å². The van der Waals surface area contributed by atoms with Gasteiger partial charge in [-0.25, -0.2) is 8.42 Å². The fraction of sp³-hybridized carbons (Fsp3) is 0.250. The fourth-order valence-corrected chi connectivity index (χ4v) is 6.26. The quantitative estimate of drug-likeness (QED) is 0.626. The van der Waals surface area contributed by atoms with Crippen LogP contribution < -0.4 is 14.8 Å². The van der Waals surface area contributed by atoms with Gasteiger partial charge in [0.25, 0.3) is 5.91 Å². The largest absolute Gasteiger partial charge is 0.454 e. The summed E-state index contributed by atoms with van der Waals surface area (Å²) in [5.41, 5.74) is 0.542. The number of amides is 1. The van der Waals surface area contributed by atoms with Gasteiger partial charge in [0, 0.05) is 18.3 Å². The van der Waals surface area contributed by atoms with Gasteiger partial charge in [0.2, 0.25) is 21.8 Å². The maximum atomic E-state index is 13.1. The van der Waals surface area contributed by atoms with Gasteiger partial charge in [-0.3, -0.25) is 4.79 Å². The average Bonchev–Trinajstić information content (AvgIpc) is 3.53. The van der Waals surface area contributed by atoms with E-state index in [4.69, 9.17) is 9.47 Å². The lowest BCUT2D eigenvalue weighted by Gasteiger charge is -2.22. The van der Waals surface area contributed by atoms with Crippen LogP contribution in [0, 0.1) is 0 Å². The molecule has 31 heavy (non-hydrogen) atoms. The third-order valence-electron chi connectivity index (χ3n) is 5.10. The standard InChI is InChI=1S/C20H18N4O5S2/c25-18(21-13-8-9-16-17(11-13)29-12-28-16)20-23-22-19(30-20)15-7-4-10-24(15)31(26,27)14-5-2-1-3-6-14/h1-3,5-6,8-9,11,15H,4,7,10,12H2,(H,21,25)/t15-/m1/s1. The summed E-state index contributed by atoms with van der Waals surface area (Å²) >= 11 is 1.10. The Morgan fingerprint density at radius 2 is 1.90 bits per heavy atom. The van der Waals surface area contributed by atoms with Crippen LogP contribution in [0.3, 0.4) is 0 Å². The summed E-state index contributed by atoms with van der Waals surface area (Å²) in [7, 11) is -3.66.